The van der Waals surface area contributed by atoms with E-state index in [9.17, 15) is 4.79 Å². The number of nitrogens with zero attached hydrogens (tertiary/aromatic N) is 1. The second-order valence-corrected chi connectivity index (χ2v) is 2.10. The topological polar surface area (TPSA) is 51.4 Å². The van der Waals surface area contributed by atoms with Gasteiger partial charge in [0, 0.05) is 0 Å². The van der Waals surface area contributed by atoms with Crippen LogP contribution in [0.1, 0.15) is 0 Å². The summed E-state index contributed by atoms with van der Waals surface area (Å²) >= 11 is 1.07. The molecule has 4 heteroatoms. The first kappa shape index (κ1) is 4.64. The lowest BCUT2D eigenvalue weighted by Crippen LogP contribution is -2.19. The van der Waals surface area contributed by atoms with Gasteiger partial charge in [-0.05, 0) is 0 Å². The molecule has 0 aromatic carbocycles. The summed E-state index contributed by atoms with van der Waals surface area (Å²) in [6, 6.07) is 0. The van der Waals surface area contributed by atoms with Crippen LogP contribution in [0.4, 0.5) is 4.79 Å². The average molecular weight is 115 g/mol. The molecule has 0 spiro atoms. The van der Waals surface area contributed by atoms with Gasteiger partial charge in [-0.3, -0.25) is 4.79 Å². The van der Waals surface area contributed by atoms with E-state index in [-0.39, 0.29) is 11.1 Å². The first-order valence-electron chi connectivity index (χ1n) is 1.77. The van der Waals surface area contributed by atoms with Gasteiger partial charge in [0.15, 0.2) is 0 Å². The maximum absolute atomic E-state index is 10.1. The highest BCUT2D eigenvalue weighted by Crippen LogP contribution is 2.05. The van der Waals surface area contributed by atoms with Crippen molar-refractivity contribution in [3.05, 3.63) is 0 Å². The van der Waals surface area contributed by atoms with Crippen LogP contribution in [-0.4, -0.2) is 16.8 Å². The minimum atomic E-state index is -0.169. The predicted molar refractivity (Wildman–Crippen MR) is 28.1 cm³/mol. The van der Waals surface area contributed by atoms with Gasteiger partial charge in [0.2, 0.25) is 0 Å². The van der Waals surface area contributed by atoms with Crippen LogP contribution in [-0.2, 0) is 0 Å². The van der Waals surface area contributed by atoms with Crippen LogP contribution in [0.25, 0.3) is 0 Å². The van der Waals surface area contributed by atoms with Crippen molar-refractivity contribution < 1.29 is 4.79 Å². The molecule has 0 aromatic heterocycles. The van der Waals surface area contributed by atoms with E-state index in [4.69, 9.17) is 5.41 Å². The largest absolute Gasteiger partial charge is 0.303 e. The first-order valence-corrected chi connectivity index (χ1v) is 2.76. The fraction of sp³-hybridized carbons (Fsp3) is 0.333. The number of nitrogens with one attached hydrogen (secondary N) is 1. The monoisotopic (exact) mass is 115 g/mol. The number of hydrogen-bond donors (Lipinski definition) is 1. The van der Waals surface area contributed by atoms with Gasteiger partial charge in [0.1, 0.15) is 5.84 Å². The highest BCUT2D eigenvalue weighted by Gasteiger charge is 2.14. The van der Waals surface area contributed by atoms with E-state index in [0.29, 0.717) is 5.75 Å². The maximum atomic E-state index is 10.1. The predicted octanol–water partition coefficient (Wildman–Crippen LogP) is -0.359. The van der Waals surface area contributed by atoms with Crippen LogP contribution in [0, 0.1) is 0 Å². The lowest BCUT2D eigenvalue weighted by Gasteiger charge is -1.80. The molecule has 0 unspecified atom stereocenters. The quantitative estimate of drug-likeness (QED) is 0.468. The summed E-state index contributed by atoms with van der Waals surface area (Å²) in [4.78, 5) is 10.1. The fourth-order valence-corrected chi connectivity index (χ4v) is 0.854. The third-order valence-electron chi connectivity index (χ3n) is 0.586. The molecule has 1 aliphatic heterocycles. The van der Waals surface area contributed by atoms with E-state index in [1.807, 2.05) is 0 Å². The lowest BCUT2D eigenvalue weighted by atomic mass is 10.7. The van der Waals surface area contributed by atoms with Gasteiger partial charge >= 0.3 is 0 Å². The third kappa shape index (κ3) is 0.928. The molecule has 0 saturated carbocycles. The number of carbonyl (C=O) groups excluding carboxylic acids is 1. The number of hydrogen-bond acceptors (Lipinski definition) is 2. The number of rotatable bonds is 0. The molecule has 1 aliphatic rings. The SMILES string of the molecule is [N]=C1CSC(=O)N1. The smallest absolute Gasteiger partial charge is 0.284 e. The number of amidine groups is 1. The van der Waals surface area contributed by atoms with Crippen molar-refractivity contribution >= 4 is 22.8 Å². The minimum Gasteiger partial charge on any atom is -0.303 e. The van der Waals surface area contributed by atoms with E-state index in [1.54, 1.807) is 0 Å². The van der Waals surface area contributed by atoms with Crippen LogP contribution in [0.5, 0.6) is 0 Å². The van der Waals surface area contributed by atoms with Crippen molar-refractivity contribution in [1.82, 2.24) is 10.7 Å². The molecule has 37 valence electrons. The molecule has 0 aromatic rings. The Labute approximate surface area is 45.0 Å². The van der Waals surface area contributed by atoms with Crippen LogP contribution >= 0.6 is 11.8 Å². The van der Waals surface area contributed by atoms with E-state index < -0.39 is 0 Å². The molecule has 0 aliphatic carbocycles. The second-order valence-electron chi connectivity index (χ2n) is 1.15. The zero-order valence-corrected chi connectivity index (χ0v) is 4.29. The molecule has 1 amide bonds. The maximum Gasteiger partial charge on any atom is 0.284 e. The van der Waals surface area contributed by atoms with Crippen molar-refractivity contribution in [2.24, 2.45) is 0 Å². The molecule has 1 N–H and O–H groups in total. The Morgan fingerprint density at radius 3 is 2.71 bits per heavy atom. The summed E-state index contributed by atoms with van der Waals surface area (Å²) in [7, 11) is 0. The molecule has 1 fully saturated rings. The van der Waals surface area contributed by atoms with Crippen molar-refractivity contribution in [3.8, 4) is 0 Å². The van der Waals surface area contributed by atoms with E-state index >= 15 is 0 Å². The second kappa shape index (κ2) is 1.54. The molecule has 1 radical (unpaired) electrons. The molecule has 0 bridgehead atoms. The first-order chi connectivity index (χ1) is 3.29. The zero-order chi connectivity index (χ0) is 5.28. The molecular formula is C3H3N2OS. The van der Waals surface area contributed by atoms with Crippen LogP contribution in [0.3, 0.4) is 0 Å². The van der Waals surface area contributed by atoms with Gasteiger partial charge < -0.3 is 5.32 Å². The Morgan fingerprint density at radius 1 is 1.86 bits per heavy atom. The number of amides is 1. The summed E-state index contributed by atoms with van der Waals surface area (Å²) in [5.74, 6) is 0.466. The standard InChI is InChI=1S/C3H3N2OS/c4-2-1-7-3(6)5-2/h1H2,(H,5,6). The Morgan fingerprint density at radius 2 is 2.57 bits per heavy atom. The highest BCUT2D eigenvalue weighted by atomic mass is 32.2. The van der Waals surface area contributed by atoms with Crippen LogP contribution < -0.4 is 10.7 Å². The molecule has 7 heavy (non-hydrogen) atoms. The normalized spacial score (nSPS) is 20.0. The van der Waals surface area contributed by atoms with Gasteiger partial charge in [0.25, 0.3) is 5.24 Å². The summed E-state index contributed by atoms with van der Waals surface area (Å²) in [6.45, 7) is 0. The number of carbonyl (C=O) groups is 1. The Bertz CT molecular complexity index is 108. The third-order valence-corrected chi connectivity index (χ3v) is 1.37. The van der Waals surface area contributed by atoms with Gasteiger partial charge in [-0.25, -0.2) is 0 Å². The van der Waals surface area contributed by atoms with Gasteiger partial charge in [0.05, 0.1) is 5.75 Å². The fourth-order valence-electron chi connectivity index (χ4n) is 0.324. The molecule has 1 heterocycles. The van der Waals surface area contributed by atoms with Crippen molar-refractivity contribution in [2.75, 3.05) is 5.75 Å². The lowest BCUT2D eigenvalue weighted by molar-refractivity contribution is 0.265. The Kier molecular flexibility index (Phi) is 1.02. The Hall–Kier alpha value is -0.510. The molecule has 1 rings (SSSR count). The number of thioether (sulfide) groups is 1. The van der Waals surface area contributed by atoms with Crippen LogP contribution in [0.15, 0.2) is 0 Å². The molecular weight excluding hydrogens is 112 g/mol. The van der Waals surface area contributed by atoms with Crippen molar-refractivity contribution in [1.29, 1.82) is 0 Å². The van der Waals surface area contributed by atoms with Gasteiger partial charge in [-0.15, -0.1) is 5.41 Å². The zero-order valence-electron chi connectivity index (χ0n) is 3.47. The summed E-state index contributed by atoms with van der Waals surface area (Å²) in [5.41, 5.74) is 0. The van der Waals surface area contributed by atoms with Crippen LogP contribution in [0.2, 0.25) is 0 Å². The molecule has 0 atom stereocenters. The van der Waals surface area contributed by atoms with Crippen molar-refractivity contribution in [2.45, 2.75) is 0 Å². The van der Waals surface area contributed by atoms with Gasteiger partial charge in [-0.2, -0.15) is 0 Å². The average Bonchev–Trinajstić information content (AvgIpc) is 1.87. The van der Waals surface area contributed by atoms with Crippen molar-refractivity contribution in [3.63, 3.8) is 0 Å². The molecule has 3 nitrogen and oxygen atoms in total. The van der Waals surface area contributed by atoms with E-state index in [0.717, 1.165) is 11.8 Å². The van der Waals surface area contributed by atoms with E-state index in [2.05, 4.69) is 5.32 Å². The molecule has 1 saturated heterocycles. The van der Waals surface area contributed by atoms with Gasteiger partial charge in [-0.1, -0.05) is 11.8 Å². The summed E-state index contributed by atoms with van der Waals surface area (Å²) in [5, 5.41) is 10.5. The Balaban J connectivity index is 2.55. The van der Waals surface area contributed by atoms with E-state index in [1.165, 1.54) is 0 Å². The minimum absolute atomic E-state index is 0.0648. The summed E-state index contributed by atoms with van der Waals surface area (Å²) in [6.07, 6.45) is 0. The summed E-state index contributed by atoms with van der Waals surface area (Å²) < 4.78 is 0. The highest BCUT2D eigenvalue weighted by molar-refractivity contribution is 8.14.